The van der Waals surface area contributed by atoms with Gasteiger partial charge in [-0.15, -0.1) is 0 Å². The maximum absolute atomic E-state index is 8.89. The van der Waals surface area contributed by atoms with E-state index >= 15 is 0 Å². The van der Waals surface area contributed by atoms with Gasteiger partial charge in [0.05, 0.1) is 0 Å². The second-order valence-corrected chi connectivity index (χ2v) is 2.55. The molecule has 0 aromatic rings. The molecule has 0 amide bonds. The number of aliphatic hydroxyl groups excluding tert-OH is 1. The van der Waals surface area contributed by atoms with Crippen LogP contribution in [0.15, 0.2) is 0 Å². The van der Waals surface area contributed by atoms with Crippen molar-refractivity contribution in [2.24, 2.45) is 0 Å². The third-order valence-corrected chi connectivity index (χ3v) is 0.512. The fourth-order valence-corrected chi connectivity index (χ4v) is 0.158. The van der Waals surface area contributed by atoms with Crippen LogP contribution in [-0.4, -0.2) is 29.6 Å². The minimum atomic E-state index is -1.08. The maximum atomic E-state index is 8.89. The van der Waals surface area contributed by atoms with E-state index in [1.54, 1.807) is 0 Å². The summed E-state index contributed by atoms with van der Waals surface area (Å²) in [5.74, 6) is -3.25. The standard InChI is InChI=1S/C4H10O.3C2H4O2.3Na/c1-2-3-4-5;3*1-2(3)4;;;/h5H,2-4H2,1H3;3*1H3,(H,3,4);;;/q;;;;3*+1/p-3. The van der Waals surface area contributed by atoms with Crippen LogP contribution in [0.4, 0.5) is 0 Å². The summed E-state index contributed by atoms with van der Waals surface area (Å²) in [6.45, 7) is 5.31. The predicted octanol–water partition coefficient (Wildman–Crippen LogP) is -11.9. The van der Waals surface area contributed by atoms with Gasteiger partial charge in [-0.25, -0.2) is 0 Å². The first-order valence-corrected chi connectivity index (χ1v) is 4.75. The quantitative estimate of drug-likeness (QED) is 0.498. The van der Waals surface area contributed by atoms with E-state index in [-0.39, 0.29) is 88.7 Å². The van der Waals surface area contributed by atoms with E-state index in [9.17, 15) is 0 Å². The van der Waals surface area contributed by atoms with Crippen molar-refractivity contribution in [2.75, 3.05) is 6.61 Å². The van der Waals surface area contributed by atoms with Crippen LogP contribution >= 0.6 is 0 Å². The molecule has 0 saturated heterocycles. The van der Waals surface area contributed by atoms with Crippen LogP contribution in [0, 0.1) is 0 Å². The largest absolute Gasteiger partial charge is 1.00 e. The molecule has 0 aromatic carbocycles. The summed E-state index contributed by atoms with van der Waals surface area (Å²) in [4.78, 5) is 26.7. The van der Waals surface area contributed by atoms with Crippen molar-refractivity contribution in [2.45, 2.75) is 40.5 Å². The van der Waals surface area contributed by atoms with E-state index in [4.69, 9.17) is 34.8 Å². The third-order valence-electron chi connectivity index (χ3n) is 0.512. The smallest absolute Gasteiger partial charge is 0.550 e. The van der Waals surface area contributed by atoms with E-state index in [2.05, 4.69) is 6.92 Å². The van der Waals surface area contributed by atoms with E-state index in [1.807, 2.05) is 0 Å². The molecule has 0 radical (unpaired) electrons. The van der Waals surface area contributed by atoms with Gasteiger partial charge in [-0.1, -0.05) is 13.3 Å². The minimum Gasteiger partial charge on any atom is -0.550 e. The average molecular weight is 320 g/mol. The van der Waals surface area contributed by atoms with Crippen LogP contribution in [0.2, 0.25) is 0 Å². The molecule has 0 unspecified atom stereocenters. The number of carboxylic acids is 3. The molecule has 0 fully saturated rings. The number of aliphatic carboxylic acids is 3. The van der Waals surface area contributed by atoms with Crippen molar-refractivity contribution in [3.05, 3.63) is 0 Å². The summed E-state index contributed by atoms with van der Waals surface area (Å²) in [7, 11) is 0. The normalized spacial score (nSPS) is 5.85. The molecule has 0 atom stereocenters. The van der Waals surface area contributed by atoms with Crippen molar-refractivity contribution in [3.8, 4) is 0 Å². The molecule has 7 nitrogen and oxygen atoms in total. The molecule has 0 aromatic heterocycles. The van der Waals surface area contributed by atoms with Crippen molar-refractivity contribution in [1.82, 2.24) is 0 Å². The molecule has 1 N–H and O–H groups in total. The van der Waals surface area contributed by atoms with Crippen molar-refractivity contribution >= 4 is 17.9 Å². The monoisotopic (exact) mass is 320 g/mol. The van der Waals surface area contributed by atoms with Gasteiger partial charge >= 0.3 is 88.7 Å². The number of carboxylic acid groups (broad SMARTS) is 3. The van der Waals surface area contributed by atoms with E-state index < -0.39 is 17.9 Å². The molecule has 0 bridgehead atoms. The Morgan fingerprint density at radius 1 is 0.800 bits per heavy atom. The Hall–Kier alpha value is 1.37. The molecular formula is C10H19Na3O7. The molecule has 0 heterocycles. The van der Waals surface area contributed by atoms with Gasteiger partial charge in [0.15, 0.2) is 0 Å². The van der Waals surface area contributed by atoms with Crippen molar-refractivity contribution in [1.29, 1.82) is 0 Å². The summed E-state index contributed by atoms with van der Waals surface area (Å²) in [5, 5.41) is 34.7. The number of unbranched alkanes of at least 4 members (excludes halogenated alkanes) is 1. The van der Waals surface area contributed by atoms with Crippen LogP contribution < -0.4 is 104 Å². The van der Waals surface area contributed by atoms with Gasteiger partial charge < -0.3 is 34.8 Å². The van der Waals surface area contributed by atoms with E-state index in [1.165, 1.54) is 0 Å². The van der Waals surface area contributed by atoms with Gasteiger partial charge in [-0.2, -0.15) is 0 Å². The third kappa shape index (κ3) is 576. The van der Waals surface area contributed by atoms with Gasteiger partial charge in [0.1, 0.15) is 0 Å². The first-order valence-electron chi connectivity index (χ1n) is 4.75. The topological polar surface area (TPSA) is 141 Å². The Kier molecular flexibility index (Phi) is 91.8. The van der Waals surface area contributed by atoms with Crippen molar-refractivity contribution in [3.63, 3.8) is 0 Å². The summed E-state index contributed by atoms with van der Waals surface area (Å²) in [5.41, 5.74) is 0. The number of rotatable bonds is 2. The summed E-state index contributed by atoms with van der Waals surface area (Å²) >= 11 is 0. The van der Waals surface area contributed by atoms with Crippen LogP contribution in [0.25, 0.3) is 0 Å². The number of carbonyl (C=O) groups is 3. The summed E-state index contributed by atoms with van der Waals surface area (Å²) in [6, 6.07) is 0. The minimum absolute atomic E-state index is 0. The molecule has 10 heteroatoms. The first-order chi connectivity index (χ1) is 7.61. The Labute approximate surface area is 186 Å². The number of aliphatic hydroxyl groups is 1. The van der Waals surface area contributed by atoms with Gasteiger partial charge in [-0.05, 0) is 27.2 Å². The molecule has 0 saturated carbocycles. The van der Waals surface area contributed by atoms with Gasteiger partial charge in [0.25, 0.3) is 0 Å². The molecule has 0 rings (SSSR count). The number of carbonyl (C=O) groups excluding carboxylic acids is 3. The zero-order valence-electron chi connectivity index (χ0n) is 13.5. The molecular weight excluding hydrogens is 301 g/mol. The summed E-state index contributed by atoms with van der Waals surface area (Å²) < 4.78 is 0. The number of hydrogen-bond acceptors (Lipinski definition) is 7. The average Bonchev–Trinajstić information content (AvgIpc) is 2.01. The zero-order chi connectivity index (χ0) is 14.9. The Morgan fingerprint density at radius 3 is 0.950 bits per heavy atom. The van der Waals surface area contributed by atoms with Crippen LogP contribution in [0.5, 0.6) is 0 Å². The second-order valence-electron chi connectivity index (χ2n) is 2.55. The Bertz CT molecular complexity index is 159. The molecule has 20 heavy (non-hydrogen) atoms. The van der Waals surface area contributed by atoms with Crippen LogP contribution in [0.3, 0.4) is 0 Å². The second kappa shape index (κ2) is 42.8. The van der Waals surface area contributed by atoms with Gasteiger partial charge in [0, 0.05) is 24.5 Å². The van der Waals surface area contributed by atoms with Crippen LogP contribution in [-0.2, 0) is 14.4 Å². The van der Waals surface area contributed by atoms with E-state index in [0.29, 0.717) is 6.61 Å². The fraction of sp³-hybridized carbons (Fsp3) is 0.700. The molecule has 104 valence electrons. The van der Waals surface area contributed by atoms with Crippen molar-refractivity contribution < 1.29 is 123 Å². The van der Waals surface area contributed by atoms with E-state index in [0.717, 1.165) is 33.6 Å². The molecule has 0 aliphatic rings. The van der Waals surface area contributed by atoms with Gasteiger partial charge in [-0.3, -0.25) is 0 Å². The first kappa shape index (κ1) is 42.9. The zero-order valence-corrected chi connectivity index (χ0v) is 19.5. The molecule has 0 aliphatic carbocycles. The SMILES string of the molecule is CC(=O)[O-].CC(=O)[O-].CC(=O)[O-].CCCCO.[Na+].[Na+].[Na+]. The van der Waals surface area contributed by atoms with Crippen LogP contribution in [0.1, 0.15) is 40.5 Å². The van der Waals surface area contributed by atoms with Gasteiger partial charge in [0.2, 0.25) is 0 Å². The number of hydrogen-bond donors (Lipinski definition) is 1. The Balaban J connectivity index is -0.0000000216. The Morgan fingerprint density at radius 2 is 0.950 bits per heavy atom. The maximum Gasteiger partial charge on any atom is 1.00 e. The molecule has 0 aliphatic heterocycles. The molecule has 0 spiro atoms. The summed E-state index contributed by atoms with van der Waals surface area (Å²) in [6.07, 6.45) is 2.04. The predicted molar refractivity (Wildman–Crippen MR) is 54.0 cm³/mol. The fourth-order valence-electron chi connectivity index (χ4n) is 0.158.